The van der Waals surface area contributed by atoms with Gasteiger partial charge >= 0.3 is 0 Å². The molecule has 8 heteroatoms. The van der Waals surface area contributed by atoms with E-state index in [-0.39, 0.29) is 17.6 Å². The van der Waals surface area contributed by atoms with Gasteiger partial charge in [-0.2, -0.15) is 0 Å². The molecule has 0 aliphatic rings. The van der Waals surface area contributed by atoms with Crippen LogP contribution in [0.5, 0.6) is 5.75 Å². The van der Waals surface area contributed by atoms with E-state index in [0.717, 1.165) is 38.0 Å². The largest absolute Gasteiger partial charge is 0.482 e. The highest BCUT2D eigenvalue weighted by molar-refractivity contribution is 9.10. The molecule has 0 fully saturated rings. The number of hydrogen-bond acceptors (Lipinski definition) is 5. The van der Waals surface area contributed by atoms with E-state index in [0.29, 0.717) is 18.1 Å². The van der Waals surface area contributed by atoms with Crippen molar-refractivity contribution < 1.29 is 13.9 Å². The van der Waals surface area contributed by atoms with Gasteiger partial charge < -0.3 is 14.5 Å². The fraction of sp³-hybridized carbons (Fsp3) is 0.222. The van der Waals surface area contributed by atoms with E-state index >= 15 is 0 Å². The minimum atomic E-state index is -0.340. The molecule has 0 saturated carbocycles. The van der Waals surface area contributed by atoms with Crippen LogP contribution in [0.1, 0.15) is 33.7 Å². The first kappa shape index (κ1) is 24.9. The number of aryl methyl sites for hydroxylation is 4. The van der Waals surface area contributed by atoms with Crippen LogP contribution < -0.4 is 15.4 Å². The molecule has 4 aromatic rings. The summed E-state index contributed by atoms with van der Waals surface area (Å²) in [5.74, 6) is 0.973. The third-order valence-corrected chi connectivity index (χ3v) is 6.38. The maximum Gasteiger partial charge on any atom is 0.264 e. The number of ether oxygens (including phenoxy) is 1. The molecule has 0 aliphatic carbocycles. The highest BCUT2D eigenvalue weighted by Gasteiger charge is 2.12. The standard InChI is InChI=1S/C27H26BrN3O3S/c1-15-9-18(4)26(21(28)10-15)33-14-24(32)31-27(35)29-20-7-5-19(6-8-20)13-25-30-22-11-16(2)17(3)12-23(22)34-25/h5-12H,13-14H2,1-4H3,(H2,29,31,32,35). The van der Waals surface area contributed by atoms with Crippen LogP contribution in [0.25, 0.3) is 11.1 Å². The topological polar surface area (TPSA) is 76.4 Å². The molecule has 6 nitrogen and oxygen atoms in total. The second-order valence-electron chi connectivity index (χ2n) is 8.57. The Morgan fingerprint density at radius 1 is 1.03 bits per heavy atom. The second kappa shape index (κ2) is 10.6. The lowest BCUT2D eigenvalue weighted by Crippen LogP contribution is -2.37. The Labute approximate surface area is 218 Å². The van der Waals surface area contributed by atoms with Crippen LogP contribution in [0.15, 0.2) is 57.4 Å². The number of aromatic nitrogens is 1. The second-order valence-corrected chi connectivity index (χ2v) is 9.83. The van der Waals surface area contributed by atoms with Gasteiger partial charge in [-0.1, -0.05) is 18.2 Å². The monoisotopic (exact) mass is 551 g/mol. The van der Waals surface area contributed by atoms with Crippen LogP contribution in [-0.2, 0) is 11.2 Å². The average Bonchev–Trinajstić information content (AvgIpc) is 3.15. The fourth-order valence-electron chi connectivity index (χ4n) is 3.73. The fourth-order valence-corrected chi connectivity index (χ4v) is 4.75. The molecule has 0 bridgehead atoms. The first-order valence-corrected chi connectivity index (χ1v) is 12.3. The molecule has 1 amide bonds. The Bertz CT molecular complexity index is 1350. The number of nitrogens with one attached hydrogen (secondary N) is 2. The van der Waals surface area contributed by atoms with Crippen molar-refractivity contribution in [3.8, 4) is 5.75 Å². The van der Waals surface area contributed by atoms with Crippen molar-refractivity contribution >= 4 is 56.0 Å². The van der Waals surface area contributed by atoms with Gasteiger partial charge in [0.05, 0.1) is 4.47 Å². The van der Waals surface area contributed by atoms with Crippen LogP contribution in [0.4, 0.5) is 5.69 Å². The Morgan fingerprint density at radius 3 is 2.46 bits per heavy atom. The lowest BCUT2D eigenvalue weighted by molar-refractivity contribution is -0.121. The molecule has 180 valence electrons. The Morgan fingerprint density at radius 2 is 1.74 bits per heavy atom. The van der Waals surface area contributed by atoms with Gasteiger partial charge in [0.2, 0.25) is 0 Å². The summed E-state index contributed by atoms with van der Waals surface area (Å²) in [6, 6.07) is 15.8. The average molecular weight is 552 g/mol. The number of rotatable bonds is 6. The summed E-state index contributed by atoms with van der Waals surface area (Å²) in [4.78, 5) is 16.9. The number of hydrogen-bond donors (Lipinski definition) is 2. The normalized spacial score (nSPS) is 10.9. The SMILES string of the molecule is Cc1cc(C)c(OCC(=O)NC(=S)Nc2ccc(Cc3nc4cc(C)c(C)cc4o3)cc2)c(Br)c1. The molecule has 3 aromatic carbocycles. The van der Waals surface area contributed by atoms with Gasteiger partial charge in [0, 0.05) is 12.1 Å². The van der Waals surface area contributed by atoms with Gasteiger partial charge in [-0.3, -0.25) is 10.1 Å². The third kappa shape index (κ3) is 6.26. The van der Waals surface area contributed by atoms with Crippen molar-refractivity contribution in [1.82, 2.24) is 10.3 Å². The van der Waals surface area contributed by atoms with E-state index in [1.165, 1.54) is 11.1 Å². The zero-order chi connectivity index (χ0) is 25.1. The summed E-state index contributed by atoms with van der Waals surface area (Å²) in [5, 5.41) is 5.87. The Hall–Kier alpha value is -3.23. The van der Waals surface area contributed by atoms with Gasteiger partial charge in [0.1, 0.15) is 11.3 Å². The van der Waals surface area contributed by atoms with Crippen LogP contribution in [-0.4, -0.2) is 22.6 Å². The van der Waals surface area contributed by atoms with E-state index in [9.17, 15) is 4.79 Å². The predicted octanol–water partition coefficient (Wildman–Crippen LogP) is 6.31. The molecule has 0 unspecified atom stereocenters. The molecule has 0 atom stereocenters. The lowest BCUT2D eigenvalue weighted by Gasteiger charge is -2.13. The number of benzene rings is 3. The zero-order valence-corrected chi connectivity index (χ0v) is 22.4. The Kier molecular flexibility index (Phi) is 7.52. The first-order chi connectivity index (χ1) is 16.7. The molecule has 0 spiro atoms. The molecule has 1 heterocycles. The van der Waals surface area contributed by atoms with E-state index < -0.39 is 0 Å². The molecule has 0 radical (unpaired) electrons. The van der Waals surface area contributed by atoms with Crippen molar-refractivity contribution in [2.24, 2.45) is 0 Å². The van der Waals surface area contributed by atoms with Gasteiger partial charge in [0.25, 0.3) is 5.91 Å². The van der Waals surface area contributed by atoms with E-state index in [1.54, 1.807) is 0 Å². The number of nitrogens with zero attached hydrogens (tertiary/aromatic N) is 1. The Balaban J connectivity index is 1.30. The molecule has 1 aromatic heterocycles. The van der Waals surface area contributed by atoms with Crippen molar-refractivity contribution in [3.63, 3.8) is 0 Å². The maximum absolute atomic E-state index is 12.3. The number of amides is 1. The number of anilines is 1. The summed E-state index contributed by atoms with van der Waals surface area (Å²) < 4.78 is 12.4. The van der Waals surface area contributed by atoms with Gasteiger partial charge in [0.15, 0.2) is 23.2 Å². The van der Waals surface area contributed by atoms with Crippen molar-refractivity contribution in [2.45, 2.75) is 34.1 Å². The smallest absolute Gasteiger partial charge is 0.264 e. The highest BCUT2D eigenvalue weighted by atomic mass is 79.9. The van der Waals surface area contributed by atoms with E-state index in [2.05, 4.69) is 45.4 Å². The van der Waals surface area contributed by atoms with Gasteiger partial charge in [-0.15, -0.1) is 0 Å². The molecule has 0 saturated heterocycles. The van der Waals surface area contributed by atoms with Crippen LogP contribution in [0, 0.1) is 27.7 Å². The van der Waals surface area contributed by atoms with Gasteiger partial charge in [-0.25, -0.2) is 4.98 Å². The summed E-state index contributed by atoms with van der Waals surface area (Å²) in [6.45, 7) is 7.92. The number of carbonyl (C=O) groups excluding carboxylic acids is 1. The predicted molar refractivity (Wildman–Crippen MR) is 146 cm³/mol. The summed E-state index contributed by atoms with van der Waals surface area (Å²) in [6.07, 6.45) is 0.583. The third-order valence-electron chi connectivity index (χ3n) is 5.59. The zero-order valence-electron chi connectivity index (χ0n) is 20.0. The molecule has 0 aliphatic heterocycles. The quantitative estimate of drug-likeness (QED) is 0.273. The summed E-state index contributed by atoms with van der Waals surface area (Å²) >= 11 is 8.75. The minimum Gasteiger partial charge on any atom is -0.482 e. The minimum absolute atomic E-state index is 0.146. The highest BCUT2D eigenvalue weighted by Crippen LogP contribution is 2.30. The first-order valence-electron chi connectivity index (χ1n) is 11.1. The molecule has 35 heavy (non-hydrogen) atoms. The molecule has 4 rings (SSSR count). The number of thiocarbonyl (C=S) groups is 1. The van der Waals surface area contributed by atoms with Crippen molar-refractivity contribution in [1.29, 1.82) is 0 Å². The van der Waals surface area contributed by atoms with Crippen LogP contribution >= 0.6 is 28.1 Å². The van der Waals surface area contributed by atoms with Crippen molar-refractivity contribution in [3.05, 3.63) is 86.7 Å². The molecule has 2 N–H and O–H groups in total. The maximum atomic E-state index is 12.3. The van der Waals surface area contributed by atoms with Crippen LogP contribution in [0.2, 0.25) is 0 Å². The van der Waals surface area contributed by atoms with Crippen molar-refractivity contribution in [2.75, 3.05) is 11.9 Å². The lowest BCUT2D eigenvalue weighted by atomic mass is 10.1. The number of carbonyl (C=O) groups is 1. The van der Waals surface area contributed by atoms with Gasteiger partial charge in [-0.05, 0) is 114 Å². The summed E-state index contributed by atoms with van der Waals surface area (Å²) in [5.41, 5.74) is 7.94. The summed E-state index contributed by atoms with van der Waals surface area (Å²) in [7, 11) is 0. The van der Waals surface area contributed by atoms with Crippen LogP contribution in [0.3, 0.4) is 0 Å². The molecular weight excluding hydrogens is 526 g/mol. The molecular formula is C27H26BrN3O3S. The number of halogens is 1. The number of oxazole rings is 1. The van der Waals surface area contributed by atoms with E-state index in [4.69, 9.17) is 21.4 Å². The van der Waals surface area contributed by atoms with E-state index in [1.807, 2.05) is 62.4 Å². The number of fused-ring (bicyclic) bond motifs is 1.